The Morgan fingerprint density at radius 2 is 2.17 bits per heavy atom. The van der Waals surface area contributed by atoms with E-state index in [9.17, 15) is 4.79 Å². The summed E-state index contributed by atoms with van der Waals surface area (Å²) in [6.45, 7) is 8.54. The van der Waals surface area contributed by atoms with Gasteiger partial charge in [0.1, 0.15) is 5.82 Å². The van der Waals surface area contributed by atoms with Crippen LogP contribution in [0.3, 0.4) is 0 Å². The summed E-state index contributed by atoms with van der Waals surface area (Å²) in [6.07, 6.45) is 3.76. The molecule has 1 heterocycles. The van der Waals surface area contributed by atoms with Crippen LogP contribution < -0.4 is 5.73 Å². The van der Waals surface area contributed by atoms with Gasteiger partial charge in [-0.3, -0.25) is 0 Å². The number of rotatable bonds is 6. The molecule has 0 amide bonds. The number of carbonyl (C=O) groups is 1. The topological polar surface area (TPSA) is 70.1 Å². The minimum absolute atomic E-state index is 0.216. The highest BCUT2D eigenvalue weighted by Gasteiger charge is 2.20. The van der Waals surface area contributed by atoms with Gasteiger partial charge in [0.05, 0.1) is 12.9 Å². The van der Waals surface area contributed by atoms with Crippen LogP contribution in [0.5, 0.6) is 0 Å². The van der Waals surface area contributed by atoms with E-state index in [1.54, 1.807) is 13.3 Å². The number of anilines is 1. The number of nitrogen functional groups attached to an aromatic ring is 1. The van der Waals surface area contributed by atoms with Crippen LogP contribution in [0.1, 0.15) is 57.1 Å². The van der Waals surface area contributed by atoms with E-state index in [-0.39, 0.29) is 11.7 Å². The van der Waals surface area contributed by atoms with Crippen molar-refractivity contribution in [3.8, 4) is 0 Å². The van der Waals surface area contributed by atoms with E-state index in [1.807, 2.05) is 4.57 Å². The summed E-state index contributed by atoms with van der Waals surface area (Å²) < 4.78 is 6.75. The standard InChI is InChI=1S/C13H23N3O2/c1-5-9(3)7-10(4)16-8-15-11(12(16)14)13(17)18-6-2/h8-10H,5-7,14H2,1-4H3. The fourth-order valence-electron chi connectivity index (χ4n) is 1.94. The molecular weight excluding hydrogens is 230 g/mol. The first-order chi connectivity index (χ1) is 8.51. The molecule has 2 unspecified atom stereocenters. The molecule has 0 bridgehead atoms. The van der Waals surface area contributed by atoms with Gasteiger partial charge in [0.2, 0.25) is 0 Å². The molecule has 5 nitrogen and oxygen atoms in total. The Hall–Kier alpha value is -1.52. The Labute approximate surface area is 108 Å². The van der Waals surface area contributed by atoms with Crippen molar-refractivity contribution >= 4 is 11.8 Å². The molecule has 2 N–H and O–H groups in total. The van der Waals surface area contributed by atoms with Crippen LogP contribution in [0.4, 0.5) is 5.82 Å². The monoisotopic (exact) mass is 253 g/mol. The van der Waals surface area contributed by atoms with E-state index in [4.69, 9.17) is 10.5 Å². The molecule has 0 aromatic carbocycles. The Balaban J connectivity index is 2.82. The van der Waals surface area contributed by atoms with E-state index in [2.05, 4.69) is 25.8 Å². The molecule has 1 aromatic rings. The van der Waals surface area contributed by atoms with Crippen molar-refractivity contribution in [1.82, 2.24) is 9.55 Å². The highest BCUT2D eigenvalue weighted by molar-refractivity contribution is 5.92. The fraction of sp³-hybridized carbons (Fsp3) is 0.692. The lowest BCUT2D eigenvalue weighted by Gasteiger charge is -2.18. The number of ether oxygens (including phenoxy) is 1. The zero-order valence-corrected chi connectivity index (χ0v) is 11.6. The number of carbonyl (C=O) groups excluding carboxylic acids is 1. The predicted molar refractivity (Wildman–Crippen MR) is 71.4 cm³/mol. The smallest absolute Gasteiger partial charge is 0.360 e. The number of nitrogens with two attached hydrogens (primary N) is 1. The van der Waals surface area contributed by atoms with Gasteiger partial charge in [0, 0.05) is 6.04 Å². The number of aromatic nitrogens is 2. The molecule has 0 aliphatic heterocycles. The van der Waals surface area contributed by atoms with E-state index in [0.29, 0.717) is 18.3 Å². The van der Waals surface area contributed by atoms with E-state index >= 15 is 0 Å². The van der Waals surface area contributed by atoms with Crippen molar-refractivity contribution < 1.29 is 9.53 Å². The second kappa shape index (κ2) is 6.42. The minimum atomic E-state index is -0.454. The van der Waals surface area contributed by atoms with Crippen LogP contribution in [-0.4, -0.2) is 22.1 Å². The van der Waals surface area contributed by atoms with Gasteiger partial charge in [-0.1, -0.05) is 20.3 Å². The van der Waals surface area contributed by atoms with Gasteiger partial charge in [-0.15, -0.1) is 0 Å². The summed E-state index contributed by atoms with van der Waals surface area (Å²) in [5.41, 5.74) is 6.17. The highest BCUT2D eigenvalue weighted by atomic mass is 16.5. The van der Waals surface area contributed by atoms with Gasteiger partial charge in [-0.05, 0) is 26.2 Å². The van der Waals surface area contributed by atoms with Crippen molar-refractivity contribution in [3.05, 3.63) is 12.0 Å². The van der Waals surface area contributed by atoms with Crippen LogP contribution in [-0.2, 0) is 4.74 Å². The summed E-state index contributed by atoms with van der Waals surface area (Å²) in [4.78, 5) is 15.7. The van der Waals surface area contributed by atoms with Gasteiger partial charge in [0.25, 0.3) is 0 Å². The molecular formula is C13H23N3O2. The lowest BCUT2D eigenvalue weighted by molar-refractivity contribution is 0.0521. The van der Waals surface area contributed by atoms with Crippen LogP contribution in [0.25, 0.3) is 0 Å². The number of esters is 1. The second-order valence-corrected chi connectivity index (χ2v) is 4.70. The van der Waals surface area contributed by atoms with Crippen molar-refractivity contribution in [2.24, 2.45) is 5.92 Å². The number of hydrogen-bond donors (Lipinski definition) is 1. The normalized spacial score (nSPS) is 14.2. The van der Waals surface area contributed by atoms with Crippen molar-refractivity contribution in [3.63, 3.8) is 0 Å². The number of nitrogens with zero attached hydrogens (tertiary/aromatic N) is 2. The molecule has 102 valence electrons. The van der Waals surface area contributed by atoms with E-state index in [1.165, 1.54) is 0 Å². The zero-order chi connectivity index (χ0) is 13.7. The van der Waals surface area contributed by atoms with Gasteiger partial charge in [-0.25, -0.2) is 9.78 Å². The molecule has 0 spiro atoms. The molecule has 0 radical (unpaired) electrons. The van der Waals surface area contributed by atoms with Crippen molar-refractivity contribution in [1.29, 1.82) is 0 Å². The van der Waals surface area contributed by atoms with Crippen molar-refractivity contribution in [2.45, 2.75) is 46.6 Å². The summed E-state index contributed by atoms with van der Waals surface area (Å²) in [5.74, 6) is 0.557. The number of imidazole rings is 1. The van der Waals surface area contributed by atoms with Crippen LogP contribution in [0.15, 0.2) is 6.33 Å². The maximum absolute atomic E-state index is 11.6. The SMILES string of the molecule is CCOC(=O)c1ncn(C(C)CC(C)CC)c1N. The molecule has 0 saturated carbocycles. The molecule has 1 rings (SSSR count). The molecule has 0 aliphatic rings. The summed E-state index contributed by atoms with van der Waals surface area (Å²) in [6, 6.07) is 0.232. The van der Waals surface area contributed by atoms with E-state index < -0.39 is 5.97 Å². The maximum Gasteiger partial charge on any atom is 0.360 e. The Kier molecular flexibility index (Phi) is 5.19. The molecule has 18 heavy (non-hydrogen) atoms. The van der Waals surface area contributed by atoms with Crippen LogP contribution >= 0.6 is 0 Å². The average molecular weight is 253 g/mol. The number of hydrogen-bond acceptors (Lipinski definition) is 4. The Morgan fingerprint density at radius 1 is 1.50 bits per heavy atom. The quantitative estimate of drug-likeness (QED) is 0.791. The summed E-state index contributed by atoms with van der Waals surface area (Å²) in [7, 11) is 0. The second-order valence-electron chi connectivity index (χ2n) is 4.70. The third kappa shape index (κ3) is 3.24. The van der Waals surface area contributed by atoms with Gasteiger partial charge in [-0.2, -0.15) is 0 Å². The van der Waals surface area contributed by atoms with E-state index in [0.717, 1.165) is 12.8 Å². The van der Waals surface area contributed by atoms with Gasteiger partial charge < -0.3 is 15.0 Å². The summed E-state index contributed by atoms with van der Waals surface area (Å²) in [5, 5.41) is 0. The van der Waals surface area contributed by atoms with Crippen LogP contribution in [0.2, 0.25) is 0 Å². The molecule has 0 saturated heterocycles. The molecule has 0 aliphatic carbocycles. The molecule has 1 aromatic heterocycles. The molecule has 2 atom stereocenters. The highest BCUT2D eigenvalue weighted by Crippen LogP contribution is 2.24. The molecule has 0 fully saturated rings. The minimum Gasteiger partial charge on any atom is -0.461 e. The first-order valence-electron chi connectivity index (χ1n) is 6.50. The lowest BCUT2D eigenvalue weighted by Crippen LogP contribution is -2.13. The zero-order valence-electron chi connectivity index (χ0n) is 11.6. The first-order valence-corrected chi connectivity index (χ1v) is 6.50. The van der Waals surface area contributed by atoms with Gasteiger partial charge in [0.15, 0.2) is 5.69 Å². The largest absolute Gasteiger partial charge is 0.461 e. The summed E-state index contributed by atoms with van der Waals surface area (Å²) >= 11 is 0. The van der Waals surface area contributed by atoms with Crippen LogP contribution in [0, 0.1) is 5.92 Å². The Bertz CT molecular complexity index is 401. The first kappa shape index (κ1) is 14.5. The Morgan fingerprint density at radius 3 is 2.72 bits per heavy atom. The maximum atomic E-state index is 11.6. The average Bonchev–Trinajstić information content (AvgIpc) is 2.71. The van der Waals surface area contributed by atoms with Crippen molar-refractivity contribution in [2.75, 3.05) is 12.3 Å². The lowest BCUT2D eigenvalue weighted by atomic mass is 10.0. The predicted octanol–water partition coefficient (Wildman–Crippen LogP) is 2.64. The van der Waals surface area contributed by atoms with Gasteiger partial charge >= 0.3 is 5.97 Å². The fourth-order valence-corrected chi connectivity index (χ4v) is 1.94. The third-order valence-corrected chi connectivity index (χ3v) is 3.22. The third-order valence-electron chi connectivity index (χ3n) is 3.22. The molecule has 5 heteroatoms.